The van der Waals surface area contributed by atoms with E-state index in [1.165, 1.54) is 0 Å². The summed E-state index contributed by atoms with van der Waals surface area (Å²) in [6.45, 7) is 6.18. The molecule has 0 aliphatic rings. The van der Waals surface area contributed by atoms with Crippen LogP contribution in [0, 0.1) is 5.92 Å². The third kappa shape index (κ3) is 7.33. The topological polar surface area (TPSA) is 99.4 Å². The molecule has 0 spiro atoms. The number of nitrogens with zero attached hydrogens (tertiary/aromatic N) is 2. The van der Waals surface area contributed by atoms with Gasteiger partial charge in [0.05, 0.1) is 0 Å². The maximum absolute atomic E-state index is 12.5. The summed E-state index contributed by atoms with van der Waals surface area (Å²) in [4.78, 5) is 12.5. The van der Waals surface area contributed by atoms with Crippen LogP contribution in [0.3, 0.4) is 0 Å². The van der Waals surface area contributed by atoms with Crippen LogP contribution in [0.25, 0.3) is 0 Å². The molecule has 0 aliphatic heterocycles. The number of hydrogen-bond acceptors (Lipinski definition) is 7. The van der Waals surface area contributed by atoms with Crippen molar-refractivity contribution in [2.24, 2.45) is 11.7 Å². The van der Waals surface area contributed by atoms with E-state index >= 15 is 0 Å². The predicted octanol–water partition coefficient (Wildman–Crippen LogP) is 2.53. The molecule has 1 aromatic heterocycles. The summed E-state index contributed by atoms with van der Waals surface area (Å²) in [5.41, 5.74) is 6.02. The van der Waals surface area contributed by atoms with Gasteiger partial charge >= 0.3 is 166 Å². The number of hydrogen-bond donors (Lipinski definition) is 2. The number of nitrogens with one attached hydrogen (secondary N) is 1. The van der Waals surface area contributed by atoms with Crippen molar-refractivity contribution < 1.29 is 14.3 Å². The Morgan fingerprint density at radius 2 is 2.11 bits per heavy atom. The van der Waals surface area contributed by atoms with E-state index < -0.39 is 5.60 Å². The molecule has 0 bridgehead atoms. The number of benzene rings is 1. The number of carbonyl (C=O) groups excluding carboxylic acids is 1. The number of rotatable bonds is 9. The van der Waals surface area contributed by atoms with Crippen LogP contribution in [0.2, 0.25) is 0 Å². The monoisotopic (exact) mass is 440 g/mol. The number of anilines is 2. The van der Waals surface area contributed by atoms with Crippen LogP contribution < -0.4 is 15.8 Å². The first kappa shape index (κ1) is 21.4. The minimum absolute atomic E-state index is 0.0495. The van der Waals surface area contributed by atoms with Gasteiger partial charge in [0.15, 0.2) is 0 Å². The number of ether oxygens (including phenoxy) is 2. The van der Waals surface area contributed by atoms with Gasteiger partial charge in [-0.2, -0.15) is 0 Å². The van der Waals surface area contributed by atoms with Crippen molar-refractivity contribution in [3.05, 3.63) is 28.8 Å². The van der Waals surface area contributed by atoms with E-state index in [4.69, 9.17) is 15.2 Å². The molecule has 8 heteroatoms. The Bertz CT molecular complexity index is 743. The zero-order chi connectivity index (χ0) is 19.9. The first-order chi connectivity index (χ1) is 12.8. The van der Waals surface area contributed by atoms with Crippen LogP contribution >= 0.6 is 0 Å². The Kier molecular flexibility index (Phi) is 7.83. The number of methoxy groups -OCH3 is 1. The van der Waals surface area contributed by atoms with Gasteiger partial charge in [-0.3, -0.25) is 0 Å². The first-order valence-corrected chi connectivity index (χ1v) is 10.7. The zero-order valence-electron chi connectivity index (χ0n) is 16.3. The molecule has 2 rings (SSSR count). The summed E-state index contributed by atoms with van der Waals surface area (Å²) in [6, 6.07) is 7.65. The third-order valence-corrected chi connectivity index (χ3v) is 5.51. The molecule has 0 saturated carbocycles. The molecule has 1 unspecified atom stereocenters. The molecule has 0 amide bonds. The molecule has 2 aromatic rings. The van der Waals surface area contributed by atoms with E-state index in [9.17, 15) is 4.79 Å². The van der Waals surface area contributed by atoms with Gasteiger partial charge in [-0.05, 0) is 0 Å². The molecule has 0 saturated heterocycles. The molecule has 0 fully saturated rings. The summed E-state index contributed by atoms with van der Waals surface area (Å²) in [6.07, 6.45) is 2.03. The van der Waals surface area contributed by atoms with E-state index in [1.807, 2.05) is 45.0 Å². The van der Waals surface area contributed by atoms with Gasteiger partial charge in [-0.15, -0.1) is 0 Å². The molecule has 0 aliphatic carbocycles. The third-order valence-electron chi connectivity index (χ3n) is 3.71. The van der Waals surface area contributed by atoms with E-state index in [0.717, 1.165) is 27.1 Å². The number of esters is 1. The van der Waals surface area contributed by atoms with E-state index in [2.05, 4.69) is 15.5 Å². The van der Waals surface area contributed by atoms with Gasteiger partial charge in [0.1, 0.15) is 0 Å². The Balaban J connectivity index is 2.04. The molecule has 1 aromatic carbocycles. The van der Waals surface area contributed by atoms with Crippen molar-refractivity contribution in [1.82, 2.24) is 10.2 Å². The summed E-state index contributed by atoms with van der Waals surface area (Å²) in [5, 5.41) is 11.8. The zero-order valence-corrected chi connectivity index (χ0v) is 18.0. The molecular weight excluding hydrogens is 411 g/mol. The molecule has 0 radical (unpaired) electrons. The van der Waals surface area contributed by atoms with Crippen LogP contribution in [-0.2, 0) is 16.0 Å². The fraction of sp³-hybridized carbons (Fsp3) is 0.526. The van der Waals surface area contributed by atoms with Crippen LogP contribution in [0.5, 0.6) is 5.75 Å². The van der Waals surface area contributed by atoms with E-state index in [0.29, 0.717) is 19.4 Å². The minimum atomic E-state index is -0.504. The first-order valence-electron chi connectivity index (χ1n) is 8.97. The van der Waals surface area contributed by atoms with Gasteiger partial charge < -0.3 is 0 Å². The van der Waals surface area contributed by atoms with Crippen LogP contribution in [0.4, 0.5) is 10.4 Å². The van der Waals surface area contributed by atoms with E-state index in [1.54, 1.807) is 7.11 Å². The van der Waals surface area contributed by atoms with Crippen LogP contribution in [0.1, 0.15) is 38.2 Å². The van der Waals surface area contributed by atoms with Crippen molar-refractivity contribution in [1.29, 1.82) is 0 Å². The molecule has 7 nitrogen and oxygen atoms in total. The van der Waals surface area contributed by atoms with Gasteiger partial charge in [0, 0.05) is 0 Å². The average molecular weight is 439 g/mol. The molecule has 148 valence electrons. The average Bonchev–Trinajstić information content (AvgIpc) is 3.04. The Morgan fingerprint density at radius 3 is 2.78 bits per heavy atom. The van der Waals surface area contributed by atoms with Crippen molar-refractivity contribution in [3.63, 3.8) is 0 Å². The fourth-order valence-electron chi connectivity index (χ4n) is 2.47. The van der Waals surface area contributed by atoms with Gasteiger partial charge in [-0.1, -0.05) is 0 Å². The maximum atomic E-state index is 12.5. The quantitative estimate of drug-likeness (QED) is 0.458. The Morgan fingerprint density at radius 1 is 1.33 bits per heavy atom. The van der Waals surface area contributed by atoms with Crippen molar-refractivity contribution in [2.45, 2.75) is 45.6 Å². The van der Waals surface area contributed by atoms with Crippen molar-refractivity contribution in [2.75, 3.05) is 19.0 Å². The van der Waals surface area contributed by atoms with Crippen molar-refractivity contribution >= 4 is 30.9 Å². The van der Waals surface area contributed by atoms with Crippen LogP contribution in [0.15, 0.2) is 24.3 Å². The SMILES string of the molecule is COc1cccc(Nc2nnc(CC(CCCN)C(=O)OC(C)(C)C)[se]2)c1. The second kappa shape index (κ2) is 9.87. The van der Waals surface area contributed by atoms with Crippen LogP contribution in [-0.4, -0.2) is 49.9 Å². The molecular formula is C19H28N4O3Se. The fourth-order valence-corrected chi connectivity index (χ4v) is 4.24. The predicted molar refractivity (Wildman–Crippen MR) is 107 cm³/mol. The van der Waals surface area contributed by atoms with Gasteiger partial charge in [0.25, 0.3) is 0 Å². The normalized spacial score (nSPS) is 12.5. The second-order valence-electron chi connectivity index (χ2n) is 7.22. The number of aromatic nitrogens is 2. The number of carbonyl (C=O) groups is 1. The summed E-state index contributed by atoms with van der Waals surface area (Å²) in [5.74, 6) is 0.349. The Hall–Kier alpha value is -1.89. The standard InChI is InChI=1S/C19H28N4O3Se/c1-19(2,3)26-17(24)13(7-6-10-20)11-16-22-23-18(27-16)21-14-8-5-9-15(12-14)25-4/h5,8-9,12-13H,6-7,10-11,20H2,1-4H3,(H,21,23). The number of nitrogens with two attached hydrogens (primary N) is 1. The molecule has 27 heavy (non-hydrogen) atoms. The van der Waals surface area contributed by atoms with Gasteiger partial charge in [0.2, 0.25) is 0 Å². The summed E-state index contributed by atoms with van der Waals surface area (Å²) in [7, 11) is 1.63. The van der Waals surface area contributed by atoms with Crippen molar-refractivity contribution in [3.8, 4) is 5.75 Å². The molecule has 1 atom stereocenters. The molecule has 3 N–H and O–H groups in total. The second-order valence-corrected chi connectivity index (χ2v) is 9.45. The summed E-state index contributed by atoms with van der Waals surface area (Å²) >= 11 is -0.0495. The summed E-state index contributed by atoms with van der Waals surface area (Å²) < 4.78 is 12.5. The molecule has 1 heterocycles. The van der Waals surface area contributed by atoms with E-state index in [-0.39, 0.29) is 26.4 Å². The van der Waals surface area contributed by atoms with Gasteiger partial charge in [-0.25, -0.2) is 0 Å². The Labute approximate surface area is 166 Å².